The molecule has 0 aliphatic rings. The highest BCUT2D eigenvalue weighted by molar-refractivity contribution is 14.1. The van der Waals surface area contributed by atoms with Gasteiger partial charge in [0, 0.05) is 3.57 Å². The van der Waals surface area contributed by atoms with Crippen LogP contribution in [0, 0.1) is 16.4 Å². The summed E-state index contributed by atoms with van der Waals surface area (Å²) in [7, 11) is 0. The van der Waals surface area contributed by atoms with Crippen molar-refractivity contribution in [2.45, 2.75) is 6.92 Å². The third-order valence-corrected chi connectivity index (χ3v) is 3.85. The lowest BCUT2D eigenvalue weighted by atomic mass is 10.1. The van der Waals surface area contributed by atoms with Crippen LogP contribution in [-0.4, -0.2) is 10.9 Å². The SMILES string of the molecule is Cc1cccc(C(=O)Nc2ccc(F)nc2)c1I. The number of aryl methyl sites for hydroxylation is 1. The van der Waals surface area contributed by atoms with Gasteiger partial charge in [-0.05, 0) is 53.3 Å². The van der Waals surface area contributed by atoms with Crippen molar-refractivity contribution >= 4 is 34.2 Å². The lowest BCUT2D eigenvalue weighted by molar-refractivity contribution is 0.102. The van der Waals surface area contributed by atoms with Gasteiger partial charge in [-0.3, -0.25) is 4.79 Å². The molecule has 0 spiro atoms. The number of benzene rings is 1. The van der Waals surface area contributed by atoms with E-state index in [1.54, 1.807) is 6.07 Å². The third kappa shape index (κ3) is 2.84. The van der Waals surface area contributed by atoms with Gasteiger partial charge in [0.2, 0.25) is 5.95 Å². The Morgan fingerprint density at radius 1 is 1.33 bits per heavy atom. The molecule has 0 saturated carbocycles. The van der Waals surface area contributed by atoms with Crippen molar-refractivity contribution in [3.05, 3.63) is 57.2 Å². The molecule has 0 radical (unpaired) electrons. The van der Waals surface area contributed by atoms with E-state index >= 15 is 0 Å². The van der Waals surface area contributed by atoms with Crippen LogP contribution >= 0.6 is 22.6 Å². The minimum atomic E-state index is -0.571. The molecule has 0 aliphatic heterocycles. The first-order chi connectivity index (χ1) is 8.58. The number of anilines is 1. The topological polar surface area (TPSA) is 42.0 Å². The normalized spacial score (nSPS) is 10.2. The summed E-state index contributed by atoms with van der Waals surface area (Å²) in [5.74, 6) is -0.797. The highest BCUT2D eigenvalue weighted by atomic mass is 127. The van der Waals surface area contributed by atoms with Crippen LogP contribution in [0.3, 0.4) is 0 Å². The van der Waals surface area contributed by atoms with Gasteiger partial charge in [-0.1, -0.05) is 12.1 Å². The first-order valence-corrected chi connectivity index (χ1v) is 6.34. The third-order valence-electron chi connectivity index (χ3n) is 2.42. The molecule has 0 atom stereocenters. The van der Waals surface area contributed by atoms with Gasteiger partial charge in [-0.25, -0.2) is 4.98 Å². The van der Waals surface area contributed by atoms with E-state index in [1.807, 2.05) is 19.1 Å². The maximum Gasteiger partial charge on any atom is 0.256 e. The lowest BCUT2D eigenvalue weighted by Crippen LogP contribution is -2.14. The zero-order valence-corrected chi connectivity index (χ0v) is 11.7. The Labute approximate surface area is 118 Å². The molecule has 1 amide bonds. The number of nitrogens with one attached hydrogen (secondary N) is 1. The first kappa shape index (κ1) is 12.9. The number of pyridine rings is 1. The van der Waals surface area contributed by atoms with E-state index in [0.29, 0.717) is 11.3 Å². The second kappa shape index (κ2) is 5.43. The van der Waals surface area contributed by atoms with Gasteiger partial charge in [-0.2, -0.15) is 4.39 Å². The summed E-state index contributed by atoms with van der Waals surface area (Å²) in [6, 6.07) is 8.20. The fourth-order valence-electron chi connectivity index (χ4n) is 1.47. The zero-order chi connectivity index (χ0) is 13.1. The van der Waals surface area contributed by atoms with E-state index in [4.69, 9.17) is 0 Å². The van der Waals surface area contributed by atoms with Gasteiger partial charge in [0.15, 0.2) is 0 Å². The Bertz CT molecular complexity index is 584. The average molecular weight is 356 g/mol. The van der Waals surface area contributed by atoms with Gasteiger partial charge in [0.25, 0.3) is 5.91 Å². The van der Waals surface area contributed by atoms with Gasteiger partial charge in [-0.15, -0.1) is 0 Å². The fourth-order valence-corrected chi connectivity index (χ4v) is 2.08. The van der Waals surface area contributed by atoms with Crippen LogP contribution in [0.1, 0.15) is 15.9 Å². The lowest BCUT2D eigenvalue weighted by Gasteiger charge is -2.08. The quantitative estimate of drug-likeness (QED) is 0.662. The first-order valence-electron chi connectivity index (χ1n) is 5.26. The maximum atomic E-state index is 12.6. The number of carbonyl (C=O) groups excluding carboxylic acids is 1. The smallest absolute Gasteiger partial charge is 0.256 e. The van der Waals surface area contributed by atoms with E-state index in [-0.39, 0.29) is 5.91 Å². The van der Waals surface area contributed by atoms with Gasteiger partial charge in [0.1, 0.15) is 0 Å². The zero-order valence-electron chi connectivity index (χ0n) is 9.58. The van der Waals surface area contributed by atoms with E-state index in [0.717, 1.165) is 9.13 Å². The predicted octanol–water partition coefficient (Wildman–Crippen LogP) is 3.39. The molecule has 1 aromatic carbocycles. The molecule has 5 heteroatoms. The standard InChI is InChI=1S/C13H10FIN2O/c1-8-3-2-4-10(12(8)15)13(18)17-9-5-6-11(14)16-7-9/h2-7H,1H3,(H,17,18). The summed E-state index contributed by atoms with van der Waals surface area (Å²) in [6.45, 7) is 1.94. The molecule has 18 heavy (non-hydrogen) atoms. The molecular formula is C13H10FIN2O. The van der Waals surface area contributed by atoms with Crippen LogP contribution < -0.4 is 5.32 Å². The second-order valence-electron chi connectivity index (χ2n) is 3.76. The Balaban J connectivity index is 2.22. The molecule has 0 aliphatic carbocycles. The summed E-state index contributed by atoms with van der Waals surface area (Å²) < 4.78 is 13.5. The Kier molecular flexibility index (Phi) is 3.90. The number of carbonyl (C=O) groups is 1. The molecule has 1 heterocycles. The second-order valence-corrected chi connectivity index (χ2v) is 4.84. The fraction of sp³-hybridized carbons (Fsp3) is 0.0769. The molecule has 0 fully saturated rings. The Morgan fingerprint density at radius 3 is 2.78 bits per heavy atom. The number of hydrogen-bond donors (Lipinski definition) is 1. The van der Waals surface area contributed by atoms with Crippen LogP contribution in [0.5, 0.6) is 0 Å². The average Bonchev–Trinajstić information content (AvgIpc) is 2.35. The molecule has 0 bridgehead atoms. The van der Waals surface area contributed by atoms with E-state index < -0.39 is 5.95 Å². The number of rotatable bonds is 2. The van der Waals surface area contributed by atoms with Crippen LogP contribution in [0.4, 0.5) is 10.1 Å². The molecule has 92 valence electrons. The van der Waals surface area contributed by atoms with Crippen molar-refractivity contribution in [1.29, 1.82) is 0 Å². The monoisotopic (exact) mass is 356 g/mol. The van der Waals surface area contributed by atoms with Crippen molar-refractivity contribution < 1.29 is 9.18 Å². The summed E-state index contributed by atoms with van der Waals surface area (Å²) in [5.41, 5.74) is 2.11. The molecular weight excluding hydrogens is 346 g/mol. The van der Waals surface area contributed by atoms with E-state index in [1.165, 1.54) is 18.3 Å². The Morgan fingerprint density at radius 2 is 2.11 bits per heavy atom. The van der Waals surface area contributed by atoms with Crippen LogP contribution in [-0.2, 0) is 0 Å². The van der Waals surface area contributed by atoms with E-state index in [2.05, 4.69) is 32.9 Å². The summed E-state index contributed by atoms with van der Waals surface area (Å²) in [5, 5.41) is 2.68. The predicted molar refractivity (Wildman–Crippen MR) is 76.0 cm³/mol. The number of aromatic nitrogens is 1. The van der Waals surface area contributed by atoms with Crippen molar-refractivity contribution in [1.82, 2.24) is 4.98 Å². The van der Waals surface area contributed by atoms with E-state index in [9.17, 15) is 9.18 Å². The molecule has 2 rings (SSSR count). The van der Waals surface area contributed by atoms with Crippen molar-refractivity contribution in [2.75, 3.05) is 5.32 Å². The molecule has 0 saturated heterocycles. The molecule has 1 N–H and O–H groups in total. The molecule has 3 nitrogen and oxygen atoms in total. The van der Waals surface area contributed by atoms with Gasteiger partial charge in [0.05, 0.1) is 17.4 Å². The summed E-state index contributed by atoms with van der Waals surface area (Å²) in [6.07, 6.45) is 1.29. The van der Waals surface area contributed by atoms with Crippen molar-refractivity contribution in [3.63, 3.8) is 0 Å². The number of hydrogen-bond acceptors (Lipinski definition) is 2. The van der Waals surface area contributed by atoms with Crippen LogP contribution in [0.2, 0.25) is 0 Å². The number of amides is 1. The minimum absolute atomic E-state index is 0.225. The highest BCUT2D eigenvalue weighted by Gasteiger charge is 2.11. The summed E-state index contributed by atoms with van der Waals surface area (Å²) in [4.78, 5) is 15.5. The highest BCUT2D eigenvalue weighted by Crippen LogP contribution is 2.18. The maximum absolute atomic E-state index is 12.6. The number of nitrogens with zero attached hydrogens (tertiary/aromatic N) is 1. The van der Waals surface area contributed by atoms with Crippen LogP contribution in [0.25, 0.3) is 0 Å². The molecule has 0 unspecified atom stereocenters. The summed E-state index contributed by atoms with van der Waals surface area (Å²) >= 11 is 2.13. The van der Waals surface area contributed by atoms with Crippen LogP contribution in [0.15, 0.2) is 36.5 Å². The largest absolute Gasteiger partial charge is 0.321 e. The van der Waals surface area contributed by atoms with Gasteiger partial charge >= 0.3 is 0 Å². The Hall–Kier alpha value is -1.50. The molecule has 1 aromatic heterocycles. The van der Waals surface area contributed by atoms with Gasteiger partial charge < -0.3 is 5.32 Å². The number of halogens is 2. The van der Waals surface area contributed by atoms with Crippen molar-refractivity contribution in [3.8, 4) is 0 Å². The van der Waals surface area contributed by atoms with Crippen molar-refractivity contribution in [2.24, 2.45) is 0 Å². The minimum Gasteiger partial charge on any atom is -0.321 e. The molecule has 2 aromatic rings.